The number of ether oxygens (including phenoxy) is 1. The number of hydrogen-bond acceptors (Lipinski definition) is 5. The summed E-state index contributed by atoms with van der Waals surface area (Å²) in [6, 6.07) is 9.65. The molecule has 1 aliphatic heterocycles. The van der Waals surface area contributed by atoms with Gasteiger partial charge in [0.25, 0.3) is 0 Å². The molecule has 126 valence electrons. The number of hydrogen-bond donors (Lipinski definition) is 2. The first kappa shape index (κ1) is 16.4. The number of rotatable bonds is 5. The van der Waals surface area contributed by atoms with Crippen molar-refractivity contribution in [3.8, 4) is 5.88 Å². The molecule has 1 atom stereocenters. The summed E-state index contributed by atoms with van der Waals surface area (Å²) in [6.07, 6.45) is 5.16. The van der Waals surface area contributed by atoms with E-state index in [0.717, 1.165) is 31.5 Å². The first-order valence-electron chi connectivity index (χ1n) is 8.27. The molecule has 3 rings (SSSR count). The Labute approximate surface area is 141 Å². The molecule has 1 aliphatic rings. The summed E-state index contributed by atoms with van der Waals surface area (Å²) in [6.45, 7) is 3.76. The predicted octanol–water partition coefficient (Wildman–Crippen LogP) is 2.35. The molecule has 1 aromatic carbocycles. The second kappa shape index (κ2) is 7.88. The number of nitrogens with one attached hydrogen (secondary N) is 2. The fraction of sp³-hybridized carbons (Fsp3) is 0.389. The molecular weight excluding hydrogens is 304 g/mol. The smallest absolute Gasteiger partial charge is 0.234 e. The summed E-state index contributed by atoms with van der Waals surface area (Å²) in [7, 11) is 0. The summed E-state index contributed by atoms with van der Waals surface area (Å²) in [4.78, 5) is 20.8. The normalized spacial score (nSPS) is 16.4. The highest BCUT2D eigenvalue weighted by Gasteiger charge is 2.17. The Bertz CT molecular complexity index is 672. The first-order valence-corrected chi connectivity index (χ1v) is 8.27. The minimum absolute atomic E-state index is 0.116. The van der Waals surface area contributed by atoms with E-state index in [-0.39, 0.29) is 17.9 Å². The van der Waals surface area contributed by atoms with Gasteiger partial charge in [-0.05, 0) is 38.4 Å². The number of amides is 1. The maximum absolute atomic E-state index is 12.4. The highest BCUT2D eigenvalue weighted by molar-refractivity contribution is 5.94. The van der Waals surface area contributed by atoms with Crippen LogP contribution in [0, 0.1) is 0 Å². The molecule has 6 nitrogen and oxygen atoms in total. The highest BCUT2D eigenvalue weighted by Crippen LogP contribution is 2.18. The van der Waals surface area contributed by atoms with E-state index in [9.17, 15) is 4.79 Å². The van der Waals surface area contributed by atoms with Gasteiger partial charge in [0, 0.05) is 0 Å². The van der Waals surface area contributed by atoms with Crippen LogP contribution in [0.15, 0.2) is 42.7 Å². The minimum atomic E-state index is -0.262. The third-order valence-electron chi connectivity index (χ3n) is 4.13. The van der Waals surface area contributed by atoms with E-state index < -0.39 is 0 Å². The molecule has 1 fully saturated rings. The van der Waals surface area contributed by atoms with Crippen LogP contribution < -0.4 is 15.4 Å². The van der Waals surface area contributed by atoms with Crippen molar-refractivity contribution >= 4 is 11.7 Å². The third kappa shape index (κ3) is 4.29. The second-order valence-electron chi connectivity index (χ2n) is 5.93. The summed E-state index contributed by atoms with van der Waals surface area (Å²) in [5.41, 5.74) is 0.963. The van der Waals surface area contributed by atoms with Crippen molar-refractivity contribution in [2.45, 2.75) is 31.8 Å². The number of piperidine rings is 1. The zero-order valence-corrected chi connectivity index (χ0v) is 13.7. The SMILES string of the molecule is CC(C(=O)Nc1cncc(OC2CCNCC2)n1)c1ccccc1. The molecule has 1 saturated heterocycles. The Kier molecular flexibility index (Phi) is 5.38. The van der Waals surface area contributed by atoms with Crippen LogP contribution in [0.25, 0.3) is 0 Å². The van der Waals surface area contributed by atoms with E-state index in [2.05, 4.69) is 20.6 Å². The van der Waals surface area contributed by atoms with Crippen LogP contribution in [0.4, 0.5) is 5.82 Å². The van der Waals surface area contributed by atoms with E-state index in [4.69, 9.17) is 4.74 Å². The Morgan fingerprint density at radius 3 is 2.75 bits per heavy atom. The lowest BCUT2D eigenvalue weighted by Crippen LogP contribution is -2.34. The molecule has 0 saturated carbocycles. The Morgan fingerprint density at radius 2 is 2.00 bits per heavy atom. The number of carbonyl (C=O) groups is 1. The van der Waals surface area contributed by atoms with Crippen molar-refractivity contribution in [1.29, 1.82) is 0 Å². The molecule has 1 amide bonds. The molecule has 2 heterocycles. The second-order valence-corrected chi connectivity index (χ2v) is 5.93. The Morgan fingerprint density at radius 1 is 1.25 bits per heavy atom. The van der Waals surface area contributed by atoms with Gasteiger partial charge in [0.2, 0.25) is 11.8 Å². The maximum Gasteiger partial charge on any atom is 0.234 e. The molecule has 0 aliphatic carbocycles. The fourth-order valence-electron chi connectivity index (χ4n) is 2.68. The van der Waals surface area contributed by atoms with Crippen molar-refractivity contribution in [3.05, 3.63) is 48.3 Å². The van der Waals surface area contributed by atoms with E-state index in [1.165, 1.54) is 6.20 Å². The van der Waals surface area contributed by atoms with Crippen LogP contribution in [0.3, 0.4) is 0 Å². The Hall–Kier alpha value is -2.47. The van der Waals surface area contributed by atoms with Crippen molar-refractivity contribution in [3.63, 3.8) is 0 Å². The molecule has 0 radical (unpaired) electrons. The van der Waals surface area contributed by atoms with Crippen molar-refractivity contribution in [2.24, 2.45) is 0 Å². The minimum Gasteiger partial charge on any atom is -0.473 e. The molecule has 24 heavy (non-hydrogen) atoms. The van der Waals surface area contributed by atoms with Crippen molar-refractivity contribution < 1.29 is 9.53 Å². The monoisotopic (exact) mass is 326 g/mol. The summed E-state index contributed by atoms with van der Waals surface area (Å²) in [5, 5.41) is 6.11. The van der Waals surface area contributed by atoms with E-state index >= 15 is 0 Å². The predicted molar refractivity (Wildman–Crippen MR) is 92.0 cm³/mol. The molecule has 1 aromatic heterocycles. The van der Waals surface area contributed by atoms with Crippen LogP contribution in [-0.2, 0) is 4.79 Å². The molecule has 2 N–H and O–H groups in total. The summed E-state index contributed by atoms with van der Waals surface area (Å²) in [5.74, 6) is 0.484. The van der Waals surface area contributed by atoms with Gasteiger partial charge in [0.1, 0.15) is 6.10 Å². The van der Waals surface area contributed by atoms with Crippen LogP contribution >= 0.6 is 0 Å². The molecule has 0 bridgehead atoms. The van der Waals surface area contributed by atoms with Gasteiger partial charge in [0.05, 0.1) is 18.3 Å². The third-order valence-corrected chi connectivity index (χ3v) is 4.13. The quantitative estimate of drug-likeness (QED) is 0.882. The maximum atomic E-state index is 12.4. The number of anilines is 1. The molecule has 0 spiro atoms. The van der Waals surface area contributed by atoms with E-state index in [1.54, 1.807) is 6.20 Å². The zero-order valence-electron chi connectivity index (χ0n) is 13.7. The van der Waals surface area contributed by atoms with E-state index in [0.29, 0.717) is 11.7 Å². The lowest BCUT2D eigenvalue weighted by atomic mass is 10.0. The average molecular weight is 326 g/mol. The van der Waals surface area contributed by atoms with Gasteiger partial charge in [-0.3, -0.25) is 9.78 Å². The van der Waals surface area contributed by atoms with Crippen LogP contribution in [0.1, 0.15) is 31.2 Å². The lowest BCUT2D eigenvalue weighted by Gasteiger charge is -2.23. The largest absolute Gasteiger partial charge is 0.473 e. The van der Waals surface area contributed by atoms with Gasteiger partial charge in [-0.25, -0.2) is 0 Å². The fourth-order valence-corrected chi connectivity index (χ4v) is 2.68. The molecule has 6 heteroatoms. The standard InChI is InChI=1S/C18H22N4O2/c1-13(14-5-3-2-4-6-14)18(23)22-16-11-20-12-17(21-16)24-15-7-9-19-10-8-15/h2-6,11-13,15,19H,7-10H2,1H3,(H,21,22,23). The highest BCUT2D eigenvalue weighted by atomic mass is 16.5. The molecule has 2 aromatic rings. The van der Waals surface area contributed by atoms with Crippen LogP contribution in [0.2, 0.25) is 0 Å². The number of benzene rings is 1. The van der Waals surface area contributed by atoms with Gasteiger partial charge in [-0.2, -0.15) is 4.98 Å². The lowest BCUT2D eigenvalue weighted by molar-refractivity contribution is -0.117. The Balaban J connectivity index is 1.62. The van der Waals surface area contributed by atoms with Crippen LogP contribution in [0.5, 0.6) is 5.88 Å². The molecule has 1 unspecified atom stereocenters. The molecular formula is C18H22N4O2. The zero-order chi connectivity index (χ0) is 16.8. The first-order chi connectivity index (χ1) is 11.7. The summed E-state index contributed by atoms with van der Waals surface area (Å²) >= 11 is 0. The number of aromatic nitrogens is 2. The van der Waals surface area contributed by atoms with Gasteiger partial charge in [0.15, 0.2) is 5.82 Å². The van der Waals surface area contributed by atoms with Crippen molar-refractivity contribution in [1.82, 2.24) is 15.3 Å². The van der Waals surface area contributed by atoms with Gasteiger partial charge in [-0.15, -0.1) is 0 Å². The summed E-state index contributed by atoms with van der Waals surface area (Å²) < 4.78 is 5.86. The van der Waals surface area contributed by atoms with Gasteiger partial charge >= 0.3 is 0 Å². The number of carbonyl (C=O) groups excluding carboxylic acids is 1. The average Bonchev–Trinajstić information content (AvgIpc) is 2.63. The van der Waals surface area contributed by atoms with Gasteiger partial charge < -0.3 is 15.4 Å². The van der Waals surface area contributed by atoms with Gasteiger partial charge in [-0.1, -0.05) is 30.3 Å². The van der Waals surface area contributed by atoms with E-state index in [1.807, 2.05) is 37.3 Å². The topological polar surface area (TPSA) is 76.1 Å². The van der Waals surface area contributed by atoms with Crippen molar-refractivity contribution in [2.75, 3.05) is 18.4 Å². The van der Waals surface area contributed by atoms with Crippen LogP contribution in [-0.4, -0.2) is 35.1 Å². The number of nitrogens with zero attached hydrogens (tertiary/aromatic N) is 2.